The van der Waals surface area contributed by atoms with Crippen LogP contribution in [-0.4, -0.2) is 16.3 Å². The third-order valence-corrected chi connectivity index (χ3v) is 2.43. The van der Waals surface area contributed by atoms with Crippen molar-refractivity contribution >= 4 is 11.5 Å². The predicted octanol–water partition coefficient (Wildman–Crippen LogP) is 1.96. The minimum atomic E-state index is 0.0823. The topological polar surface area (TPSA) is 72.5 Å². The van der Waals surface area contributed by atoms with Crippen LogP contribution in [0.5, 0.6) is 0 Å². The minimum absolute atomic E-state index is 0.0823. The number of aliphatic imine (C=N–C) groups is 1. The quantitative estimate of drug-likeness (QED) is 0.513. The van der Waals surface area contributed by atoms with Gasteiger partial charge in [0, 0.05) is 11.1 Å². The van der Waals surface area contributed by atoms with Gasteiger partial charge in [-0.05, 0) is 11.9 Å². The van der Waals surface area contributed by atoms with Crippen LogP contribution >= 0.6 is 0 Å². The van der Waals surface area contributed by atoms with Crippen molar-refractivity contribution in [3.8, 4) is 6.07 Å². The molecule has 76 valence electrons. The van der Waals surface area contributed by atoms with Gasteiger partial charge in [0.2, 0.25) is 0 Å². The van der Waals surface area contributed by atoms with Crippen LogP contribution in [0.1, 0.15) is 12.5 Å². The van der Waals surface area contributed by atoms with Gasteiger partial charge in [0.1, 0.15) is 6.07 Å². The van der Waals surface area contributed by atoms with Crippen molar-refractivity contribution in [3.05, 3.63) is 52.6 Å². The molecule has 0 atom stereocenters. The van der Waals surface area contributed by atoms with E-state index in [4.69, 9.17) is 10.8 Å². The SMILES string of the molecule is CC1=C(C#N)C(=[N+]=[N-])N=C1c1ccccc1. The highest BCUT2D eigenvalue weighted by Gasteiger charge is 2.31. The first-order valence-corrected chi connectivity index (χ1v) is 4.76. The van der Waals surface area contributed by atoms with E-state index in [-0.39, 0.29) is 5.84 Å². The summed E-state index contributed by atoms with van der Waals surface area (Å²) in [5.41, 5.74) is 11.4. The second kappa shape index (κ2) is 3.93. The van der Waals surface area contributed by atoms with Gasteiger partial charge in [-0.2, -0.15) is 5.26 Å². The molecule has 0 saturated carbocycles. The molecule has 0 spiro atoms. The van der Waals surface area contributed by atoms with Crippen LogP contribution in [0.3, 0.4) is 0 Å². The minimum Gasteiger partial charge on any atom is -0.497 e. The number of rotatable bonds is 1. The zero-order chi connectivity index (χ0) is 11.5. The number of amidine groups is 1. The van der Waals surface area contributed by atoms with E-state index < -0.39 is 0 Å². The van der Waals surface area contributed by atoms with E-state index in [2.05, 4.69) is 9.78 Å². The lowest BCUT2D eigenvalue weighted by Crippen LogP contribution is -1.99. The van der Waals surface area contributed by atoms with Crippen molar-refractivity contribution in [3.63, 3.8) is 0 Å². The second-order valence-corrected chi connectivity index (χ2v) is 3.36. The number of allylic oxidation sites excluding steroid dienone is 1. The molecule has 0 fully saturated rings. The molecule has 0 N–H and O–H groups in total. The van der Waals surface area contributed by atoms with Crippen LogP contribution in [0.4, 0.5) is 0 Å². The van der Waals surface area contributed by atoms with E-state index in [1.807, 2.05) is 36.4 Å². The Morgan fingerprint density at radius 1 is 1.31 bits per heavy atom. The largest absolute Gasteiger partial charge is 0.497 e. The fourth-order valence-corrected chi connectivity index (χ4v) is 1.62. The maximum Gasteiger partial charge on any atom is 0.419 e. The Morgan fingerprint density at radius 3 is 2.50 bits per heavy atom. The monoisotopic (exact) mass is 208 g/mol. The average Bonchev–Trinajstić information content (AvgIpc) is 2.66. The molecule has 1 aromatic carbocycles. The van der Waals surface area contributed by atoms with Gasteiger partial charge in [0.25, 0.3) is 0 Å². The van der Waals surface area contributed by atoms with Crippen molar-refractivity contribution in [2.75, 3.05) is 0 Å². The Labute approximate surface area is 92.8 Å². The maximum atomic E-state index is 8.93. The molecule has 1 heterocycles. The summed E-state index contributed by atoms with van der Waals surface area (Å²) in [4.78, 5) is 7.14. The van der Waals surface area contributed by atoms with Gasteiger partial charge < -0.3 is 10.3 Å². The van der Waals surface area contributed by atoms with E-state index in [1.54, 1.807) is 6.92 Å². The molecule has 0 aromatic heterocycles. The standard InChI is InChI=1S/C12H8N4/c1-8-10(7-13)12(16-14)15-11(8)9-5-3-2-4-6-9/h2-6H,1H3. The Hall–Kier alpha value is -2.50. The van der Waals surface area contributed by atoms with Gasteiger partial charge in [0.05, 0.1) is 0 Å². The number of nitriles is 1. The van der Waals surface area contributed by atoms with Gasteiger partial charge in [-0.3, -0.25) is 0 Å². The molecular formula is C12H8N4. The summed E-state index contributed by atoms with van der Waals surface area (Å²) in [5.74, 6) is 0.0823. The highest BCUT2D eigenvalue weighted by Crippen LogP contribution is 2.20. The third kappa shape index (κ3) is 1.46. The summed E-state index contributed by atoms with van der Waals surface area (Å²) in [7, 11) is 0. The van der Waals surface area contributed by atoms with E-state index >= 15 is 0 Å². The van der Waals surface area contributed by atoms with Gasteiger partial charge >= 0.3 is 5.84 Å². The van der Waals surface area contributed by atoms with Crippen LogP contribution in [0.2, 0.25) is 0 Å². The molecule has 2 rings (SSSR count). The molecular weight excluding hydrogens is 200 g/mol. The third-order valence-electron chi connectivity index (χ3n) is 2.43. The summed E-state index contributed by atoms with van der Waals surface area (Å²) in [6.07, 6.45) is 0. The predicted molar refractivity (Wildman–Crippen MR) is 59.9 cm³/mol. The summed E-state index contributed by atoms with van der Waals surface area (Å²) >= 11 is 0. The Kier molecular flexibility index (Phi) is 2.47. The fraction of sp³-hybridized carbons (Fsp3) is 0.0833. The zero-order valence-corrected chi connectivity index (χ0v) is 8.68. The Morgan fingerprint density at radius 2 is 2.00 bits per heavy atom. The molecule has 1 aliphatic rings. The van der Waals surface area contributed by atoms with E-state index in [1.165, 1.54) is 0 Å². The highest BCUT2D eigenvalue weighted by atomic mass is 15.0. The van der Waals surface area contributed by atoms with Crippen LogP contribution in [0.25, 0.3) is 5.53 Å². The first-order chi connectivity index (χ1) is 7.77. The van der Waals surface area contributed by atoms with Crippen molar-refractivity contribution in [2.45, 2.75) is 6.92 Å². The highest BCUT2D eigenvalue weighted by molar-refractivity contribution is 6.27. The lowest BCUT2D eigenvalue weighted by atomic mass is 10.0. The molecule has 0 bridgehead atoms. The summed E-state index contributed by atoms with van der Waals surface area (Å²) in [6.45, 7) is 1.79. The molecule has 4 heteroatoms. The Balaban J connectivity index is 2.59. The smallest absolute Gasteiger partial charge is 0.419 e. The van der Waals surface area contributed by atoms with Crippen molar-refractivity contribution in [2.24, 2.45) is 4.99 Å². The maximum absolute atomic E-state index is 8.93. The molecule has 0 radical (unpaired) electrons. The van der Waals surface area contributed by atoms with Crippen LogP contribution in [0.15, 0.2) is 46.5 Å². The Bertz CT molecular complexity index is 581. The van der Waals surface area contributed by atoms with Gasteiger partial charge in [-0.25, -0.2) is 0 Å². The normalized spacial score (nSPS) is 14.5. The summed E-state index contributed by atoms with van der Waals surface area (Å²) in [6, 6.07) is 11.5. The molecule has 0 aliphatic carbocycles. The van der Waals surface area contributed by atoms with E-state index in [0.29, 0.717) is 11.3 Å². The van der Waals surface area contributed by atoms with E-state index in [9.17, 15) is 0 Å². The first kappa shape index (κ1) is 10.0. The number of benzene rings is 1. The fourth-order valence-electron chi connectivity index (χ4n) is 1.62. The first-order valence-electron chi connectivity index (χ1n) is 4.76. The van der Waals surface area contributed by atoms with Gasteiger partial charge in [0.15, 0.2) is 11.3 Å². The summed E-state index contributed by atoms with van der Waals surface area (Å²) < 4.78 is 0. The average molecular weight is 208 g/mol. The molecule has 0 amide bonds. The number of hydrogen-bond donors (Lipinski definition) is 0. The molecule has 0 unspecified atom stereocenters. The van der Waals surface area contributed by atoms with Crippen molar-refractivity contribution < 1.29 is 4.79 Å². The number of hydrogen-bond acceptors (Lipinski definition) is 1. The molecule has 1 aliphatic heterocycles. The van der Waals surface area contributed by atoms with Gasteiger partial charge in [-0.15, -0.1) is 0 Å². The van der Waals surface area contributed by atoms with Crippen molar-refractivity contribution in [1.29, 1.82) is 5.26 Å². The molecule has 1 aromatic rings. The summed E-state index contributed by atoms with van der Waals surface area (Å²) in [5, 5.41) is 8.93. The zero-order valence-electron chi connectivity index (χ0n) is 8.68. The second-order valence-electron chi connectivity index (χ2n) is 3.36. The van der Waals surface area contributed by atoms with Crippen LogP contribution in [-0.2, 0) is 0 Å². The molecule has 16 heavy (non-hydrogen) atoms. The van der Waals surface area contributed by atoms with Crippen LogP contribution in [0, 0.1) is 11.3 Å². The lowest BCUT2D eigenvalue weighted by Gasteiger charge is -1.95. The molecule has 0 saturated heterocycles. The number of nitrogens with zero attached hydrogens (tertiary/aromatic N) is 4. The lowest BCUT2D eigenvalue weighted by molar-refractivity contribution is -0.00519. The van der Waals surface area contributed by atoms with Crippen molar-refractivity contribution in [1.82, 2.24) is 0 Å². The van der Waals surface area contributed by atoms with E-state index in [0.717, 1.165) is 11.1 Å². The van der Waals surface area contributed by atoms with Crippen LogP contribution < -0.4 is 0 Å². The molecule has 4 nitrogen and oxygen atoms in total. The van der Waals surface area contributed by atoms with Gasteiger partial charge in [-0.1, -0.05) is 30.3 Å².